The number of fused-ring (bicyclic) bond motifs is 2. The maximum atomic E-state index is 13.5. The molecule has 1 saturated carbocycles. The zero-order chi connectivity index (χ0) is 37.1. The number of piperidine rings is 2. The number of hydrogen-bond acceptors (Lipinski definition) is 10. The van der Waals surface area contributed by atoms with E-state index in [-0.39, 0.29) is 23.4 Å². The Morgan fingerprint density at radius 1 is 0.944 bits per heavy atom. The van der Waals surface area contributed by atoms with Crippen LogP contribution in [0, 0.1) is 0 Å². The number of imidazole rings is 1. The molecule has 4 fully saturated rings. The molecule has 0 bridgehead atoms. The Balaban J connectivity index is 0.848. The van der Waals surface area contributed by atoms with Crippen LogP contribution in [0.1, 0.15) is 59.6 Å². The van der Waals surface area contributed by atoms with Crippen LogP contribution in [-0.2, 0) is 16.0 Å². The average molecular weight is 755 g/mol. The molecule has 6 heterocycles. The van der Waals surface area contributed by atoms with E-state index in [1.165, 1.54) is 17.4 Å². The highest BCUT2D eigenvalue weighted by atomic mass is 35.5. The number of rotatable bonds is 8. The van der Waals surface area contributed by atoms with Crippen molar-refractivity contribution in [3.05, 3.63) is 70.5 Å². The Labute approximate surface area is 317 Å². The highest BCUT2D eigenvalue weighted by Gasteiger charge is 2.39. The van der Waals surface area contributed by atoms with E-state index in [0.29, 0.717) is 41.8 Å². The summed E-state index contributed by atoms with van der Waals surface area (Å²) in [5.74, 6) is -0.558. The summed E-state index contributed by atoms with van der Waals surface area (Å²) in [4.78, 5) is 51.5. The number of alkyl halides is 1. The number of amides is 3. The number of aromatic nitrogens is 3. The second-order valence-electron chi connectivity index (χ2n) is 15.0. The molecule has 3 atom stereocenters. The predicted octanol–water partition coefficient (Wildman–Crippen LogP) is 4.27. The van der Waals surface area contributed by atoms with Crippen LogP contribution >= 0.6 is 11.6 Å². The number of piperazine rings is 1. The van der Waals surface area contributed by atoms with Crippen LogP contribution in [0.15, 0.2) is 48.7 Å². The summed E-state index contributed by atoms with van der Waals surface area (Å²) in [5.41, 5.74) is 7.14. The van der Waals surface area contributed by atoms with E-state index in [4.69, 9.17) is 16.7 Å². The predicted molar refractivity (Wildman–Crippen MR) is 206 cm³/mol. The third-order valence-corrected chi connectivity index (χ3v) is 12.2. The normalized spacial score (nSPS) is 23.5. The van der Waals surface area contributed by atoms with E-state index in [2.05, 4.69) is 58.7 Å². The van der Waals surface area contributed by atoms with Crippen LogP contribution in [0.5, 0.6) is 0 Å². The van der Waals surface area contributed by atoms with Gasteiger partial charge in [-0.05, 0) is 61.6 Å². The van der Waals surface area contributed by atoms with E-state index >= 15 is 0 Å². The molecule has 5 aliphatic rings. The van der Waals surface area contributed by atoms with Crippen LogP contribution in [0.4, 0.5) is 33.0 Å². The molecule has 2 aromatic carbocycles. The first-order valence-corrected chi connectivity index (χ1v) is 19.4. The molecule has 3 N–H and O–H groups in total. The molecule has 3 amide bonds. The van der Waals surface area contributed by atoms with Gasteiger partial charge in [0, 0.05) is 105 Å². The first-order chi connectivity index (χ1) is 26.2. The average Bonchev–Trinajstić information content (AvgIpc) is 3.52. The summed E-state index contributed by atoms with van der Waals surface area (Å²) in [6, 6.07) is 14.5. The van der Waals surface area contributed by atoms with Gasteiger partial charge in [0.2, 0.25) is 11.8 Å². The van der Waals surface area contributed by atoms with Crippen molar-refractivity contribution in [2.24, 2.45) is 0 Å². The van der Waals surface area contributed by atoms with Gasteiger partial charge in [-0.2, -0.15) is 0 Å². The van der Waals surface area contributed by atoms with E-state index in [1.54, 1.807) is 4.52 Å². The van der Waals surface area contributed by atoms with Crippen molar-refractivity contribution in [2.45, 2.75) is 62.7 Å². The van der Waals surface area contributed by atoms with Crippen LogP contribution in [0.25, 0.3) is 5.65 Å². The lowest BCUT2D eigenvalue weighted by atomic mass is 9.90. The third kappa shape index (κ3) is 6.38. The minimum Gasteiger partial charge on any atom is -0.385 e. The second kappa shape index (κ2) is 14.0. The molecular formula is C39H44ClFN10O3. The van der Waals surface area contributed by atoms with Crippen LogP contribution in [0.3, 0.4) is 0 Å². The number of imide groups is 1. The van der Waals surface area contributed by atoms with Crippen molar-refractivity contribution in [3.8, 4) is 0 Å². The van der Waals surface area contributed by atoms with Gasteiger partial charge in [0.15, 0.2) is 17.2 Å². The number of nitrogens with one attached hydrogen (secondary N) is 3. The molecule has 4 aromatic rings. The SMILES string of the molecule is CNc1cc(N2CCc3c(N4CCC(N5CCN(c6ccc(Cl)c(C7CCC(=O)NC7=O)c6)CC5)CC4)cccc32)nn2c(C(=O)N[C@@H]3C[C@@H]3F)cnc12. The van der Waals surface area contributed by atoms with Gasteiger partial charge < -0.3 is 25.3 Å². The zero-order valence-corrected chi connectivity index (χ0v) is 31.0. The minimum absolute atomic E-state index is 0.224. The van der Waals surface area contributed by atoms with Gasteiger partial charge in [-0.25, -0.2) is 13.9 Å². The maximum absolute atomic E-state index is 13.5. The van der Waals surface area contributed by atoms with Crippen molar-refractivity contribution in [1.29, 1.82) is 0 Å². The van der Waals surface area contributed by atoms with Gasteiger partial charge in [-0.15, -0.1) is 5.10 Å². The summed E-state index contributed by atoms with van der Waals surface area (Å²) >= 11 is 6.55. The second-order valence-corrected chi connectivity index (χ2v) is 15.4. The fraction of sp³-hybridized carbons (Fsp3) is 0.462. The van der Waals surface area contributed by atoms with Gasteiger partial charge >= 0.3 is 0 Å². The van der Waals surface area contributed by atoms with Crippen molar-refractivity contribution < 1.29 is 18.8 Å². The Bertz CT molecular complexity index is 2130. The lowest BCUT2D eigenvalue weighted by molar-refractivity contribution is -0.134. The Hall–Kier alpha value is -4.95. The molecule has 1 unspecified atom stereocenters. The summed E-state index contributed by atoms with van der Waals surface area (Å²) in [5, 5.41) is 13.9. The van der Waals surface area contributed by atoms with Gasteiger partial charge in [0.05, 0.1) is 23.8 Å². The molecule has 13 nitrogen and oxygen atoms in total. The van der Waals surface area contributed by atoms with Crippen LogP contribution in [-0.4, -0.2) is 108 Å². The van der Waals surface area contributed by atoms with E-state index in [1.807, 2.05) is 31.3 Å². The fourth-order valence-corrected chi connectivity index (χ4v) is 8.98. The molecule has 2 aromatic heterocycles. The van der Waals surface area contributed by atoms with Crippen LogP contribution in [0.2, 0.25) is 5.02 Å². The largest absolute Gasteiger partial charge is 0.385 e. The molecule has 15 heteroatoms. The number of nitrogens with zero attached hydrogens (tertiary/aromatic N) is 7. The fourth-order valence-electron chi connectivity index (χ4n) is 8.73. The Kier molecular flexibility index (Phi) is 9.04. The number of hydrogen-bond donors (Lipinski definition) is 3. The standard InChI is InChI=1S/C39H44ClFN10O3/c1-42-31-21-35(46-51-34(22-43-37(31)51)39(54)44-30-20-29(30)41)50-14-11-26-32(3-2-4-33(26)50)49-12-9-23(10-13-49)47-15-17-48(18-16-47)24-5-7-28(40)27(19-24)25-6-8-36(52)45-38(25)53/h2-5,7,19,21-23,25,29-30,42H,6,8-18,20H2,1H3,(H,44,54)(H,45,52,53)/t25?,29-,30+/m0/s1. The van der Waals surface area contributed by atoms with Gasteiger partial charge in [-0.1, -0.05) is 17.7 Å². The highest BCUT2D eigenvalue weighted by Crippen LogP contribution is 2.41. The smallest absolute Gasteiger partial charge is 0.271 e. The summed E-state index contributed by atoms with van der Waals surface area (Å²) in [6.07, 6.45) is 4.72. The summed E-state index contributed by atoms with van der Waals surface area (Å²) in [6.45, 7) is 6.47. The molecule has 0 radical (unpaired) electrons. The highest BCUT2D eigenvalue weighted by molar-refractivity contribution is 6.31. The molecule has 1 aliphatic carbocycles. The molecule has 4 aliphatic heterocycles. The molecule has 0 spiro atoms. The first-order valence-electron chi connectivity index (χ1n) is 19.0. The number of benzene rings is 2. The number of anilines is 5. The zero-order valence-electron chi connectivity index (χ0n) is 30.2. The number of carbonyl (C=O) groups is 3. The van der Waals surface area contributed by atoms with Crippen molar-refractivity contribution in [1.82, 2.24) is 30.1 Å². The van der Waals surface area contributed by atoms with Gasteiger partial charge in [-0.3, -0.25) is 24.6 Å². The lowest BCUT2D eigenvalue weighted by Gasteiger charge is -2.44. The van der Waals surface area contributed by atoms with E-state index < -0.39 is 18.1 Å². The number of carbonyl (C=O) groups excluding carboxylic acids is 3. The molecule has 9 rings (SSSR count). The molecule has 282 valence electrons. The topological polar surface area (TPSA) is 130 Å². The lowest BCUT2D eigenvalue weighted by Crippen LogP contribution is -2.53. The van der Waals surface area contributed by atoms with E-state index in [9.17, 15) is 18.8 Å². The monoisotopic (exact) mass is 754 g/mol. The minimum atomic E-state index is -0.993. The first kappa shape index (κ1) is 34.8. The third-order valence-electron chi connectivity index (χ3n) is 11.9. The quantitative estimate of drug-likeness (QED) is 0.225. The van der Waals surface area contributed by atoms with Crippen LogP contribution < -0.4 is 30.7 Å². The van der Waals surface area contributed by atoms with Crippen molar-refractivity contribution in [2.75, 3.05) is 72.9 Å². The number of halogens is 2. The molecular weight excluding hydrogens is 711 g/mol. The maximum Gasteiger partial charge on any atom is 0.271 e. The molecule has 54 heavy (non-hydrogen) atoms. The summed E-state index contributed by atoms with van der Waals surface area (Å²) in [7, 11) is 1.83. The summed E-state index contributed by atoms with van der Waals surface area (Å²) < 4.78 is 15.1. The Morgan fingerprint density at radius 2 is 1.72 bits per heavy atom. The van der Waals surface area contributed by atoms with Crippen molar-refractivity contribution in [3.63, 3.8) is 0 Å². The van der Waals surface area contributed by atoms with Crippen molar-refractivity contribution >= 4 is 63.5 Å². The van der Waals surface area contributed by atoms with Gasteiger partial charge in [0.25, 0.3) is 5.91 Å². The van der Waals surface area contributed by atoms with Gasteiger partial charge in [0.1, 0.15) is 6.17 Å². The van der Waals surface area contributed by atoms with E-state index in [0.717, 1.165) is 87.7 Å². The Morgan fingerprint density at radius 3 is 2.46 bits per heavy atom. The molecule has 3 saturated heterocycles.